The lowest BCUT2D eigenvalue weighted by molar-refractivity contribution is 0.0440. The summed E-state index contributed by atoms with van der Waals surface area (Å²) in [5.74, 6) is 0.0678. The van der Waals surface area contributed by atoms with Gasteiger partial charge in [-0.3, -0.25) is 0 Å². The first-order valence-electron chi connectivity index (χ1n) is 6.22. The summed E-state index contributed by atoms with van der Waals surface area (Å²) in [6.45, 7) is 3.92. The molecule has 0 aliphatic rings. The number of carbonyl (C=O) groups excluding carboxylic acids is 1. The fourth-order valence-electron chi connectivity index (χ4n) is 2.02. The molecule has 0 atom stereocenters. The van der Waals surface area contributed by atoms with E-state index in [1.54, 1.807) is 11.3 Å². The van der Waals surface area contributed by atoms with E-state index in [-0.39, 0.29) is 12.6 Å². The highest BCUT2D eigenvalue weighted by atomic mass is 32.1. The van der Waals surface area contributed by atoms with Gasteiger partial charge in [0.15, 0.2) is 12.2 Å². The van der Waals surface area contributed by atoms with Crippen LogP contribution in [-0.2, 0) is 11.3 Å². The maximum absolute atomic E-state index is 12.0. The van der Waals surface area contributed by atoms with Crippen molar-refractivity contribution in [3.63, 3.8) is 0 Å². The summed E-state index contributed by atoms with van der Waals surface area (Å²) in [7, 11) is 0. The van der Waals surface area contributed by atoms with Crippen LogP contribution in [0.25, 0.3) is 11.1 Å². The van der Waals surface area contributed by atoms with Crippen LogP contribution in [0.2, 0.25) is 0 Å². The lowest BCUT2D eigenvalue weighted by atomic mass is 10.2. The minimum atomic E-state index is -0.339. The number of aromatic nitrogens is 1. The number of carbonyl (C=O) groups is 1. The maximum atomic E-state index is 12.0. The molecular formula is C15H13NO3S. The molecule has 4 nitrogen and oxygen atoms in total. The zero-order valence-corrected chi connectivity index (χ0v) is 12.0. The first kappa shape index (κ1) is 12.9. The first-order valence-corrected chi connectivity index (χ1v) is 7.04. The van der Waals surface area contributed by atoms with E-state index in [1.165, 1.54) is 0 Å². The quantitative estimate of drug-likeness (QED) is 0.686. The molecule has 0 amide bonds. The minimum absolute atomic E-state index is 0.0435. The molecule has 3 rings (SSSR count). The highest BCUT2D eigenvalue weighted by molar-refractivity contribution is 7.12. The minimum Gasteiger partial charge on any atom is -0.452 e. The number of hydrogen-bond acceptors (Lipinski definition) is 5. The molecule has 0 aliphatic heterocycles. The summed E-state index contributed by atoms with van der Waals surface area (Å²) in [6, 6.07) is 9.30. The summed E-state index contributed by atoms with van der Waals surface area (Å²) in [5.41, 5.74) is 2.07. The van der Waals surface area contributed by atoms with Crippen LogP contribution in [0.15, 0.2) is 34.7 Å². The molecular weight excluding hydrogens is 274 g/mol. The third-order valence-electron chi connectivity index (χ3n) is 2.93. The molecule has 20 heavy (non-hydrogen) atoms. The SMILES string of the molecule is Cc1cc(C(=O)OCc2nc3ccccc3o2)c(C)s1. The number of esters is 1. The molecule has 0 saturated carbocycles. The molecule has 102 valence electrons. The Morgan fingerprint density at radius 3 is 2.85 bits per heavy atom. The maximum Gasteiger partial charge on any atom is 0.339 e. The Kier molecular flexibility index (Phi) is 3.28. The fraction of sp³-hybridized carbons (Fsp3) is 0.200. The van der Waals surface area contributed by atoms with Gasteiger partial charge >= 0.3 is 5.97 Å². The van der Waals surface area contributed by atoms with Crippen LogP contribution in [0.3, 0.4) is 0 Å². The molecule has 0 radical (unpaired) electrons. The van der Waals surface area contributed by atoms with E-state index >= 15 is 0 Å². The van der Waals surface area contributed by atoms with Crippen LogP contribution in [0.1, 0.15) is 26.0 Å². The Morgan fingerprint density at radius 1 is 1.35 bits per heavy atom. The Bertz CT molecular complexity index is 739. The number of rotatable bonds is 3. The number of fused-ring (bicyclic) bond motifs is 1. The molecule has 3 aromatic rings. The van der Waals surface area contributed by atoms with Crippen molar-refractivity contribution < 1.29 is 13.9 Å². The number of nitrogens with zero attached hydrogens (tertiary/aromatic N) is 1. The molecule has 0 saturated heterocycles. The number of ether oxygens (including phenoxy) is 1. The van der Waals surface area contributed by atoms with Gasteiger partial charge in [-0.1, -0.05) is 12.1 Å². The molecule has 0 aliphatic carbocycles. The largest absolute Gasteiger partial charge is 0.452 e. The van der Waals surface area contributed by atoms with Crippen molar-refractivity contribution in [2.24, 2.45) is 0 Å². The number of thiophene rings is 1. The third-order valence-corrected chi connectivity index (χ3v) is 3.89. The summed E-state index contributed by atoms with van der Waals surface area (Å²) >= 11 is 1.58. The fourth-order valence-corrected chi connectivity index (χ4v) is 2.93. The second kappa shape index (κ2) is 5.09. The molecule has 1 aromatic carbocycles. The number of hydrogen-bond donors (Lipinski definition) is 0. The first-order chi connectivity index (χ1) is 9.63. The number of benzene rings is 1. The highest BCUT2D eigenvalue weighted by Gasteiger charge is 2.15. The van der Waals surface area contributed by atoms with Crippen LogP contribution in [0.4, 0.5) is 0 Å². The number of oxazole rings is 1. The van der Waals surface area contributed by atoms with Gasteiger partial charge in [-0.2, -0.15) is 0 Å². The Morgan fingerprint density at radius 2 is 2.15 bits per heavy atom. The van der Waals surface area contributed by atoms with Crippen LogP contribution in [0.5, 0.6) is 0 Å². The van der Waals surface area contributed by atoms with E-state index in [9.17, 15) is 4.79 Å². The van der Waals surface area contributed by atoms with Crippen molar-refractivity contribution in [3.05, 3.63) is 51.5 Å². The average molecular weight is 287 g/mol. The average Bonchev–Trinajstić information content (AvgIpc) is 2.98. The Hall–Kier alpha value is -2.14. The van der Waals surface area contributed by atoms with Gasteiger partial charge in [0.05, 0.1) is 5.56 Å². The van der Waals surface area contributed by atoms with Crippen molar-refractivity contribution >= 4 is 28.4 Å². The molecule has 5 heteroatoms. The van der Waals surface area contributed by atoms with Crippen molar-refractivity contribution in [3.8, 4) is 0 Å². The summed E-state index contributed by atoms with van der Waals surface area (Å²) in [6.07, 6.45) is 0. The van der Waals surface area contributed by atoms with Crippen molar-refractivity contribution in [1.29, 1.82) is 0 Å². The van der Waals surface area contributed by atoms with Gasteiger partial charge in [0, 0.05) is 9.75 Å². The van der Waals surface area contributed by atoms with Crippen LogP contribution in [0, 0.1) is 13.8 Å². The topological polar surface area (TPSA) is 52.3 Å². The van der Waals surface area contributed by atoms with Gasteiger partial charge in [0.25, 0.3) is 0 Å². The third kappa shape index (κ3) is 2.44. The number of para-hydroxylation sites is 2. The second-order valence-corrected chi connectivity index (χ2v) is 5.94. The zero-order chi connectivity index (χ0) is 14.1. The summed E-state index contributed by atoms with van der Waals surface area (Å²) in [4.78, 5) is 18.3. The highest BCUT2D eigenvalue weighted by Crippen LogP contribution is 2.22. The van der Waals surface area contributed by atoms with Crippen LogP contribution >= 0.6 is 11.3 Å². The van der Waals surface area contributed by atoms with Gasteiger partial charge in [0.1, 0.15) is 5.52 Å². The standard InChI is InChI=1S/C15H13NO3S/c1-9-7-11(10(2)20-9)15(17)18-8-14-16-12-5-3-4-6-13(12)19-14/h3-7H,8H2,1-2H3. The summed E-state index contributed by atoms with van der Waals surface area (Å²) in [5, 5.41) is 0. The molecule has 0 fully saturated rings. The molecule has 0 unspecified atom stereocenters. The van der Waals surface area contributed by atoms with Crippen molar-refractivity contribution in [1.82, 2.24) is 4.98 Å². The van der Waals surface area contributed by atoms with E-state index < -0.39 is 0 Å². The van der Waals surface area contributed by atoms with Gasteiger partial charge in [-0.15, -0.1) is 11.3 Å². The van der Waals surface area contributed by atoms with Gasteiger partial charge in [0.2, 0.25) is 5.89 Å². The predicted molar refractivity (Wildman–Crippen MR) is 76.9 cm³/mol. The molecule has 0 bridgehead atoms. The molecule has 0 spiro atoms. The zero-order valence-electron chi connectivity index (χ0n) is 11.2. The van der Waals surface area contributed by atoms with E-state index in [0.29, 0.717) is 17.0 Å². The van der Waals surface area contributed by atoms with Gasteiger partial charge < -0.3 is 9.15 Å². The smallest absolute Gasteiger partial charge is 0.339 e. The lowest BCUT2D eigenvalue weighted by Gasteiger charge is -2.00. The monoisotopic (exact) mass is 287 g/mol. The van der Waals surface area contributed by atoms with Crippen LogP contribution in [-0.4, -0.2) is 11.0 Å². The normalized spacial score (nSPS) is 10.9. The lowest BCUT2D eigenvalue weighted by Crippen LogP contribution is -2.05. The Balaban J connectivity index is 1.73. The Labute approximate surface area is 120 Å². The van der Waals surface area contributed by atoms with E-state index in [2.05, 4.69) is 4.98 Å². The van der Waals surface area contributed by atoms with Gasteiger partial charge in [-0.05, 0) is 32.0 Å². The summed E-state index contributed by atoms with van der Waals surface area (Å²) < 4.78 is 10.8. The molecule has 0 N–H and O–H groups in total. The van der Waals surface area contributed by atoms with Crippen LogP contribution < -0.4 is 0 Å². The van der Waals surface area contributed by atoms with Gasteiger partial charge in [-0.25, -0.2) is 9.78 Å². The van der Waals surface area contributed by atoms with Crippen molar-refractivity contribution in [2.45, 2.75) is 20.5 Å². The second-order valence-electron chi connectivity index (χ2n) is 4.48. The van der Waals surface area contributed by atoms with Crippen molar-refractivity contribution in [2.75, 3.05) is 0 Å². The molecule has 2 aromatic heterocycles. The van der Waals surface area contributed by atoms with E-state index in [1.807, 2.05) is 44.2 Å². The molecule has 2 heterocycles. The predicted octanol–water partition coefficient (Wildman–Crippen LogP) is 3.86. The number of aryl methyl sites for hydroxylation is 2. The van der Waals surface area contributed by atoms with E-state index in [4.69, 9.17) is 9.15 Å². The van der Waals surface area contributed by atoms with E-state index in [0.717, 1.165) is 15.3 Å².